The predicted molar refractivity (Wildman–Crippen MR) is 72.6 cm³/mol. The molecule has 1 rings (SSSR count). The van der Waals surface area contributed by atoms with Crippen LogP contribution >= 0.6 is 0 Å². The van der Waals surface area contributed by atoms with Crippen molar-refractivity contribution in [2.75, 3.05) is 6.61 Å². The van der Waals surface area contributed by atoms with Gasteiger partial charge in [0.15, 0.2) is 0 Å². The molecule has 0 unspecified atom stereocenters. The first kappa shape index (κ1) is 15.2. The molecule has 0 bridgehead atoms. The van der Waals surface area contributed by atoms with Crippen LogP contribution in [0.2, 0.25) is 0 Å². The highest BCUT2D eigenvalue weighted by Crippen LogP contribution is 2.28. The molecule has 0 spiro atoms. The summed E-state index contributed by atoms with van der Waals surface area (Å²) >= 11 is 0. The van der Waals surface area contributed by atoms with Gasteiger partial charge in [-0.3, -0.25) is 10.1 Å². The molecule has 0 saturated heterocycles. The van der Waals surface area contributed by atoms with E-state index in [4.69, 9.17) is 15.2 Å². The smallest absolute Gasteiger partial charge is 0.276 e. The van der Waals surface area contributed by atoms with E-state index in [9.17, 15) is 10.1 Å². The molecule has 0 aliphatic rings. The van der Waals surface area contributed by atoms with Gasteiger partial charge in [0.25, 0.3) is 5.69 Å². The van der Waals surface area contributed by atoms with Gasteiger partial charge in [0, 0.05) is 11.6 Å². The van der Waals surface area contributed by atoms with E-state index >= 15 is 0 Å². The van der Waals surface area contributed by atoms with Crippen molar-refractivity contribution < 1.29 is 14.4 Å². The molecule has 106 valence electrons. The van der Waals surface area contributed by atoms with Crippen molar-refractivity contribution in [3.63, 3.8) is 0 Å². The fraction of sp³-hybridized carbons (Fsp3) is 0.538. The Morgan fingerprint density at radius 2 is 1.89 bits per heavy atom. The van der Waals surface area contributed by atoms with Gasteiger partial charge in [0.2, 0.25) is 0 Å². The second-order valence-corrected chi connectivity index (χ2v) is 5.36. The third-order valence-corrected chi connectivity index (χ3v) is 2.06. The van der Waals surface area contributed by atoms with E-state index in [1.54, 1.807) is 6.07 Å². The number of hydrogen-bond donors (Lipinski definition) is 1. The SMILES string of the molecule is CC(C)Oc1cc(OCC(C)(C)N)cc([N+](=O)[O-])c1. The van der Waals surface area contributed by atoms with E-state index in [1.165, 1.54) is 12.1 Å². The van der Waals surface area contributed by atoms with Crippen LogP contribution in [0.25, 0.3) is 0 Å². The third-order valence-electron chi connectivity index (χ3n) is 2.06. The van der Waals surface area contributed by atoms with Crippen molar-refractivity contribution in [2.45, 2.75) is 39.3 Å². The summed E-state index contributed by atoms with van der Waals surface area (Å²) < 4.78 is 10.9. The Morgan fingerprint density at radius 3 is 2.37 bits per heavy atom. The number of benzene rings is 1. The van der Waals surface area contributed by atoms with E-state index in [2.05, 4.69) is 0 Å². The summed E-state index contributed by atoms with van der Waals surface area (Å²) in [5, 5.41) is 10.9. The molecule has 0 aliphatic heterocycles. The minimum Gasteiger partial charge on any atom is -0.491 e. The Kier molecular flexibility index (Phi) is 4.72. The van der Waals surface area contributed by atoms with E-state index < -0.39 is 10.5 Å². The van der Waals surface area contributed by atoms with Crippen LogP contribution in [0.15, 0.2) is 18.2 Å². The molecule has 0 aliphatic carbocycles. The minimum atomic E-state index is -0.510. The van der Waals surface area contributed by atoms with E-state index in [0.29, 0.717) is 11.5 Å². The van der Waals surface area contributed by atoms with Gasteiger partial charge in [-0.25, -0.2) is 0 Å². The molecule has 19 heavy (non-hydrogen) atoms. The van der Waals surface area contributed by atoms with E-state index in [1.807, 2.05) is 27.7 Å². The molecular weight excluding hydrogens is 248 g/mol. The number of nitro groups is 1. The summed E-state index contributed by atoms with van der Waals surface area (Å²) in [6.07, 6.45) is -0.0687. The fourth-order valence-corrected chi connectivity index (χ4v) is 1.36. The Labute approximate surface area is 112 Å². The number of rotatable bonds is 6. The first-order chi connectivity index (χ1) is 8.67. The molecule has 0 radical (unpaired) electrons. The lowest BCUT2D eigenvalue weighted by Crippen LogP contribution is -2.38. The molecule has 0 aromatic heterocycles. The molecule has 1 aromatic rings. The highest BCUT2D eigenvalue weighted by Gasteiger charge is 2.15. The third kappa shape index (κ3) is 5.56. The van der Waals surface area contributed by atoms with Crippen molar-refractivity contribution in [1.29, 1.82) is 0 Å². The maximum atomic E-state index is 10.9. The van der Waals surface area contributed by atoms with Gasteiger partial charge >= 0.3 is 0 Å². The number of ether oxygens (including phenoxy) is 2. The van der Waals surface area contributed by atoms with E-state index in [-0.39, 0.29) is 18.4 Å². The monoisotopic (exact) mass is 268 g/mol. The lowest BCUT2D eigenvalue weighted by Gasteiger charge is -2.19. The first-order valence-electron chi connectivity index (χ1n) is 6.05. The van der Waals surface area contributed by atoms with E-state index in [0.717, 1.165) is 0 Å². The lowest BCUT2D eigenvalue weighted by atomic mass is 10.1. The van der Waals surface area contributed by atoms with Crippen LogP contribution in [-0.4, -0.2) is 23.2 Å². The highest BCUT2D eigenvalue weighted by molar-refractivity contribution is 5.46. The summed E-state index contributed by atoms with van der Waals surface area (Å²) in [5.74, 6) is 0.789. The van der Waals surface area contributed by atoms with Crippen molar-refractivity contribution in [2.24, 2.45) is 5.73 Å². The number of non-ortho nitro benzene ring substituents is 1. The summed E-state index contributed by atoms with van der Waals surface area (Å²) in [6.45, 7) is 7.59. The van der Waals surface area contributed by atoms with Gasteiger partial charge in [-0.2, -0.15) is 0 Å². The second kappa shape index (κ2) is 5.88. The summed E-state index contributed by atoms with van der Waals surface area (Å²) in [6, 6.07) is 4.36. The van der Waals surface area contributed by atoms with Gasteiger partial charge in [0.1, 0.15) is 18.1 Å². The fourth-order valence-electron chi connectivity index (χ4n) is 1.36. The van der Waals surface area contributed by atoms with Gasteiger partial charge in [-0.05, 0) is 27.7 Å². The van der Waals surface area contributed by atoms with Crippen molar-refractivity contribution in [3.8, 4) is 11.5 Å². The van der Waals surface area contributed by atoms with Crippen LogP contribution in [0.3, 0.4) is 0 Å². The number of nitrogens with two attached hydrogens (primary N) is 1. The number of hydrogen-bond acceptors (Lipinski definition) is 5. The molecule has 0 heterocycles. The zero-order chi connectivity index (χ0) is 14.6. The molecule has 0 fully saturated rings. The molecule has 6 nitrogen and oxygen atoms in total. The van der Waals surface area contributed by atoms with Gasteiger partial charge in [-0.1, -0.05) is 0 Å². The van der Waals surface area contributed by atoms with Crippen molar-refractivity contribution >= 4 is 5.69 Å². The Morgan fingerprint density at radius 1 is 1.32 bits per heavy atom. The normalized spacial score (nSPS) is 11.5. The van der Waals surface area contributed by atoms with Crippen molar-refractivity contribution in [3.05, 3.63) is 28.3 Å². The molecule has 0 saturated carbocycles. The molecule has 0 atom stereocenters. The summed E-state index contributed by atoms with van der Waals surface area (Å²) in [7, 11) is 0. The van der Waals surface area contributed by atoms with Gasteiger partial charge < -0.3 is 15.2 Å². The average molecular weight is 268 g/mol. The average Bonchev–Trinajstić information content (AvgIpc) is 2.24. The van der Waals surface area contributed by atoms with Gasteiger partial charge in [0.05, 0.1) is 23.2 Å². The van der Waals surface area contributed by atoms with Gasteiger partial charge in [-0.15, -0.1) is 0 Å². The highest BCUT2D eigenvalue weighted by atomic mass is 16.6. The number of nitro benzene ring substituents is 1. The Hall–Kier alpha value is -1.82. The molecular formula is C13H20N2O4. The van der Waals surface area contributed by atoms with Crippen LogP contribution < -0.4 is 15.2 Å². The number of nitrogens with zero attached hydrogens (tertiary/aromatic N) is 1. The zero-order valence-corrected chi connectivity index (χ0v) is 11.7. The molecule has 2 N–H and O–H groups in total. The maximum absolute atomic E-state index is 10.9. The Bertz CT molecular complexity index is 452. The minimum absolute atomic E-state index is 0.0667. The lowest BCUT2D eigenvalue weighted by molar-refractivity contribution is -0.385. The summed E-state index contributed by atoms with van der Waals surface area (Å²) in [4.78, 5) is 10.4. The van der Waals surface area contributed by atoms with Crippen LogP contribution in [0.1, 0.15) is 27.7 Å². The summed E-state index contributed by atoms with van der Waals surface area (Å²) in [5.41, 5.74) is 5.23. The Balaban J connectivity index is 2.96. The second-order valence-electron chi connectivity index (χ2n) is 5.36. The van der Waals surface area contributed by atoms with Crippen LogP contribution in [0, 0.1) is 10.1 Å². The zero-order valence-electron chi connectivity index (χ0n) is 11.7. The first-order valence-corrected chi connectivity index (χ1v) is 6.05. The molecule has 0 amide bonds. The molecule has 1 aromatic carbocycles. The quantitative estimate of drug-likeness (QED) is 0.632. The molecule has 6 heteroatoms. The van der Waals surface area contributed by atoms with Crippen LogP contribution in [0.5, 0.6) is 11.5 Å². The standard InChI is InChI=1S/C13H20N2O4/c1-9(2)19-12-6-10(15(16)17)5-11(7-12)18-8-13(3,4)14/h5-7,9H,8,14H2,1-4H3. The largest absolute Gasteiger partial charge is 0.491 e. The van der Waals surface area contributed by atoms with Crippen LogP contribution in [-0.2, 0) is 0 Å². The van der Waals surface area contributed by atoms with Crippen LogP contribution in [0.4, 0.5) is 5.69 Å². The predicted octanol–water partition coefficient (Wildman–Crippen LogP) is 2.50. The van der Waals surface area contributed by atoms with Crippen molar-refractivity contribution in [1.82, 2.24) is 0 Å². The maximum Gasteiger partial charge on any atom is 0.276 e. The topological polar surface area (TPSA) is 87.6 Å².